The summed E-state index contributed by atoms with van der Waals surface area (Å²) >= 11 is 0. The van der Waals surface area contributed by atoms with Crippen LogP contribution < -0.4 is 0 Å². The van der Waals surface area contributed by atoms with Crippen molar-refractivity contribution in [1.29, 1.82) is 0 Å². The van der Waals surface area contributed by atoms with Gasteiger partial charge in [-0.25, -0.2) is 4.68 Å². The fourth-order valence-corrected chi connectivity index (χ4v) is 2.74. The Morgan fingerprint density at radius 3 is 2.21 bits per heavy atom. The summed E-state index contributed by atoms with van der Waals surface area (Å²) in [5, 5.41) is 8.53. The summed E-state index contributed by atoms with van der Waals surface area (Å²) in [4.78, 5) is 0. The SMILES string of the molecule is CC(C)(C)c1ccc(CCc2cn(Cc3ccccc3)nn2)cc1. The van der Waals surface area contributed by atoms with Gasteiger partial charge in [0.1, 0.15) is 0 Å². The summed E-state index contributed by atoms with van der Waals surface area (Å²) in [5.41, 5.74) is 5.22. The molecule has 3 nitrogen and oxygen atoms in total. The molecule has 3 aromatic rings. The highest BCUT2D eigenvalue weighted by Crippen LogP contribution is 2.22. The van der Waals surface area contributed by atoms with Crippen LogP contribution in [0.25, 0.3) is 0 Å². The first-order valence-electron chi connectivity index (χ1n) is 8.53. The van der Waals surface area contributed by atoms with Crippen LogP contribution in [0.1, 0.15) is 43.2 Å². The van der Waals surface area contributed by atoms with Crippen molar-refractivity contribution in [3.05, 3.63) is 83.2 Å². The molecule has 0 aliphatic rings. The number of nitrogens with zero attached hydrogens (tertiary/aromatic N) is 3. The van der Waals surface area contributed by atoms with E-state index in [1.54, 1.807) is 0 Å². The molecule has 24 heavy (non-hydrogen) atoms. The van der Waals surface area contributed by atoms with Crippen LogP contribution in [-0.2, 0) is 24.8 Å². The van der Waals surface area contributed by atoms with E-state index < -0.39 is 0 Å². The quantitative estimate of drug-likeness (QED) is 0.697. The fourth-order valence-electron chi connectivity index (χ4n) is 2.74. The Bertz CT molecular complexity index is 765. The first-order valence-corrected chi connectivity index (χ1v) is 8.53. The van der Waals surface area contributed by atoms with E-state index in [4.69, 9.17) is 0 Å². The second-order valence-electron chi connectivity index (χ2n) is 7.34. The highest BCUT2D eigenvalue weighted by Gasteiger charge is 2.12. The van der Waals surface area contributed by atoms with Gasteiger partial charge in [0.2, 0.25) is 0 Å². The molecule has 0 aliphatic carbocycles. The van der Waals surface area contributed by atoms with Crippen molar-refractivity contribution in [3.63, 3.8) is 0 Å². The third kappa shape index (κ3) is 4.31. The van der Waals surface area contributed by atoms with Gasteiger partial charge in [-0.2, -0.15) is 0 Å². The largest absolute Gasteiger partial charge is 0.248 e. The molecular weight excluding hydrogens is 294 g/mol. The van der Waals surface area contributed by atoms with E-state index in [0.29, 0.717) is 0 Å². The van der Waals surface area contributed by atoms with E-state index in [-0.39, 0.29) is 5.41 Å². The topological polar surface area (TPSA) is 30.7 Å². The van der Waals surface area contributed by atoms with E-state index in [0.717, 1.165) is 25.1 Å². The molecule has 0 N–H and O–H groups in total. The van der Waals surface area contributed by atoms with Crippen molar-refractivity contribution in [2.45, 2.75) is 45.6 Å². The molecule has 1 aromatic heterocycles. The molecule has 0 unspecified atom stereocenters. The Morgan fingerprint density at radius 2 is 1.54 bits per heavy atom. The van der Waals surface area contributed by atoms with Crippen molar-refractivity contribution in [2.75, 3.05) is 0 Å². The van der Waals surface area contributed by atoms with Gasteiger partial charge in [-0.05, 0) is 34.9 Å². The smallest absolute Gasteiger partial charge is 0.0830 e. The van der Waals surface area contributed by atoms with Gasteiger partial charge >= 0.3 is 0 Å². The maximum atomic E-state index is 4.30. The Hall–Kier alpha value is -2.42. The van der Waals surface area contributed by atoms with E-state index in [1.165, 1.54) is 16.7 Å². The molecule has 0 bridgehead atoms. The van der Waals surface area contributed by atoms with Gasteiger partial charge in [0.05, 0.1) is 12.2 Å². The molecule has 124 valence electrons. The summed E-state index contributed by atoms with van der Waals surface area (Å²) in [6, 6.07) is 19.3. The zero-order chi connectivity index (χ0) is 17.0. The van der Waals surface area contributed by atoms with E-state index in [9.17, 15) is 0 Å². The Labute approximate surface area is 144 Å². The van der Waals surface area contributed by atoms with Crippen LogP contribution in [0.2, 0.25) is 0 Å². The monoisotopic (exact) mass is 319 g/mol. The summed E-state index contributed by atoms with van der Waals surface area (Å²) in [6.07, 6.45) is 3.97. The minimum absolute atomic E-state index is 0.207. The second-order valence-corrected chi connectivity index (χ2v) is 7.34. The minimum atomic E-state index is 0.207. The molecule has 3 heteroatoms. The lowest BCUT2D eigenvalue weighted by molar-refractivity contribution is 0.590. The molecule has 0 saturated heterocycles. The average molecular weight is 319 g/mol. The summed E-state index contributed by atoms with van der Waals surface area (Å²) < 4.78 is 1.91. The first kappa shape index (κ1) is 16.4. The van der Waals surface area contributed by atoms with Crippen LogP contribution in [0.5, 0.6) is 0 Å². The minimum Gasteiger partial charge on any atom is -0.248 e. The number of hydrogen-bond acceptors (Lipinski definition) is 2. The lowest BCUT2D eigenvalue weighted by Crippen LogP contribution is -2.10. The van der Waals surface area contributed by atoms with Crippen molar-refractivity contribution in [2.24, 2.45) is 0 Å². The molecule has 0 amide bonds. The predicted molar refractivity (Wildman–Crippen MR) is 98.1 cm³/mol. The number of hydrogen-bond donors (Lipinski definition) is 0. The van der Waals surface area contributed by atoms with Crippen molar-refractivity contribution >= 4 is 0 Å². The van der Waals surface area contributed by atoms with Gasteiger partial charge in [-0.3, -0.25) is 0 Å². The van der Waals surface area contributed by atoms with E-state index in [1.807, 2.05) is 10.7 Å². The molecule has 0 spiro atoms. The summed E-state index contributed by atoms with van der Waals surface area (Å²) in [6.45, 7) is 7.50. The molecule has 1 heterocycles. The van der Waals surface area contributed by atoms with E-state index in [2.05, 4.69) is 85.8 Å². The van der Waals surface area contributed by atoms with Crippen LogP contribution in [0, 0.1) is 0 Å². The molecule has 0 fully saturated rings. The third-order valence-corrected chi connectivity index (χ3v) is 4.26. The Kier molecular flexibility index (Phi) is 4.79. The first-order chi connectivity index (χ1) is 11.5. The zero-order valence-corrected chi connectivity index (χ0v) is 14.7. The molecule has 0 atom stereocenters. The highest BCUT2D eigenvalue weighted by atomic mass is 15.4. The number of aryl methyl sites for hydroxylation is 2. The van der Waals surface area contributed by atoms with Gasteiger partial charge in [0, 0.05) is 6.20 Å². The molecule has 3 rings (SSSR count). The molecular formula is C21H25N3. The van der Waals surface area contributed by atoms with Crippen LogP contribution in [0.3, 0.4) is 0 Å². The van der Waals surface area contributed by atoms with Gasteiger partial charge in [-0.15, -0.1) is 5.10 Å². The van der Waals surface area contributed by atoms with Crippen LogP contribution in [-0.4, -0.2) is 15.0 Å². The van der Waals surface area contributed by atoms with Crippen LogP contribution in [0.4, 0.5) is 0 Å². The number of rotatable bonds is 5. The molecule has 0 aliphatic heterocycles. The molecule has 0 radical (unpaired) electrons. The maximum Gasteiger partial charge on any atom is 0.0830 e. The third-order valence-electron chi connectivity index (χ3n) is 4.26. The van der Waals surface area contributed by atoms with Gasteiger partial charge in [-0.1, -0.05) is 80.6 Å². The lowest BCUT2D eigenvalue weighted by atomic mass is 9.86. The van der Waals surface area contributed by atoms with Crippen molar-refractivity contribution in [1.82, 2.24) is 15.0 Å². The lowest BCUT2D eigenvalue weighted by Gasteiger charge is -2.19. The zero-order valence-electron chi connectivity index (χ0n) is 14.7. The standard InChI is InChI=1S/C21H25N3/c1-21(2,3)19-12-9-17(10-13-19)11-14-20-16-24(23-22-20)15-18-7-5-4-6-8-18/h4-10,12-13,16H,11,14-15H2,1-3H3. The van der Waals surface area contributed by atoms with Crippen molar-refractivity contribution < 1.29 is 0 Å². The van der Waals surface area contributed by atoms with E-state index >= 15 is 0 Å². The number of benzene rings is 2. The predicted octanol–water partition coefficient (Wildman–Crippen LogP) is 4.41. The second kappa shape index (κ2) is 7.00. The Morgan fingerprint density at radius 1 is 0.833 bits per heavy atom. The van der Waals surface area contributed by atoms with Gasteiger partial charge in [0.25, 0.3) is 0 Å². The average Bonchev–Trinajstić information content (AvgIpc) is 3.01. The Balaban J connectivity index is 1.57. The summed E-state index contributed by atoms with van der Waals surface area (Å²) in [7, 11) is 0. The highest BCUT2D eigenvalue weighted by molar-refractivity contribution is 5.28. The fraction of sp³-hybridized carbons (Fsp3) is 0.333. The summed E-state index contributed by atoms with van der Waals surface area (Å²) in [5.74, 6) is 0. The molecule has 0 saturated carbocycles. The van der Waals surface area contributed by atoms with Gasteiger partial charge in [0.15, 0.2) is 0 Å². The van der Waals surface area contributed by atoms with Crippen LogP contribution >= 0.6 is 0 Å². The van der Waals surface area contributed by atoms with Crippen molar-refractivity contribution in [3.8, 4) is 0 Å². The van der Waals surface area contributed by atoms with Gasteiger partial charge < -0.3 is 0 Å². The molecule has 2 aromatic carbocycles. The van der Waals surface area contributed by atoms with Crippen LogP contribution in [0.15, 0.2) is 60.8 Å². The maximum absolute atomic E-state index is 4.30. The normalized spacial score (nSPS) is 11.6. The number of aromatic nitrogens is 3.